The minimum absolute atomic E-state index is 1.23. The van der Waals surface area contributed by atoms with Gasteiger partial charge in [-0.25, -0.2) is 0 Å². The van der Waals surface area contributed by atoms with E-state index < -0.39 is 0 Å². The van der Waals surface area contributed by atoms with Crippen LogP contribution in [0.2, 0.25) is 0 Å². The Balaban J connectivity index is 1.50. The van der Waals surface area contributed by atoms with Crippen LogP contribution in [0.25, 0.3) is 85.9 Å². The van der Waals surface area contributed by atoms with E-state index in [0.717, 1.165) is 0 Å². The molecule has 0 unspecified atom stereocenters. The number of hydrogen-bond acceptors (Lipinski definition) is 1. The molecule has 0 aliphatic rings. The van der Waals surface area contributed by atoms with Crippen LogP contribution in [0.4, 0.5) is 0 Å². The highest BCUT2D eigenvalue weighted by molar-refractivity contribution is 7.26. The Morgan fingerprint density at radius 1 is 0.279 bits per heavy atom. The summed E-state index contributed by atoms with van der Waals surface area (Å²) in [6.45, 7) is 0. The number of benzene rings is 8. The zero-order valence-electron chi connectivity index (χ0n) is 23.4. The maximum atomic E-state index is 2.36. The van der Waals surface area contributed by atoms with Crippen molar-refractivity contribution in [2.75, 3.05) is 0 Å². The molecule has 0 radical (unpaired) electrons. The van der Waals surface area contributed by atoms with Crippen LogP contribution in [0.3, 0.4) is 0 Å². The minimum Gasteiger partial charge on any atom is -0.135 e. The first-order valence-electron chi connectivity index (χ1n) is 14.8. The molecular weight excluding hydrogens is 537 g/mol. The average Bonchev–Trinajstić information content (AvgIpc) is 3.47. The van der Waals surface area contributed by atoms with E-state index in [1.165, 1.54) is 85.9 Å². The normalized spacial score (nSPS) is 11.7. The van der Waals surface area contributed by atoms with Crippen LogP contribution >= 0.6 is 11.3 Å². The van der Waals surface area contributed by atoms with Crippen molar-refractivity contribution in [3.8, 4) is 33.4 Å². The Hall–Kier alpha value is -5.24. The summed E-state index contributed by atoms with van der Waals surface area (Å²) in [5.74, 6) is 0. The van der Waals surface area contributed by atoms with Crippen LogP contribution in [0, 0.1) is 0 Å². The van der Waals surface area contributed by atoms with E-state index in [-0.39, 0.29) is 0 Å². The van der Waals surface area contributed by atoms with E-state index >= 15 is 0 Å². The van der Waals surface area contributed by atoms with Gasteiger partial charge in [-0.05, 0) is 77.8 Å². The summed E-state index contributed by atoms with van der Waals surface area (Å²) < 4.78 is 2.64. The first-order valence-corrected chi connectivity index (χ1v) is 15.6. The van der Waals surface area contributed by atoms with Crippen LogP contribution in [0.1, 0.15) is 0 Å². The van der Waals surface area contributed by atoms with Gasteiger partial charge < -0.3 is 0 Å². The van der Waals surface area contributed by atoms with Crippen LogP contribution in [-0.2, 0) is 0 Å². The second kappa shape index (κ2) is 9.66. The van der Waals surface area contributed by atoms with Gasteiger partial charge in [0.25, 0.3) is 0 Å². The summed E-state index contributed by atoms with van der Waals surface area (Å²) in [6, 6.07) is 57.9. The summed E-state index contributed by atoms with van der Waals surface area (Å²) >= 11 is 1.89. The smallest absolute Gasteiger partial charge is 0.0362 e. The molecule has 0 bridgehead atoms. The molecule has 8 aromatic carbocycles. The van der Waals surface area contributed by atoms with E-state index in [9.17, 15) is 0 Å². The Bertz CT molecular complexity index is 2450. The van der Waals surface area contributed by atoms with Crippen LogP contribution in [0.5, 0.6) is 0 Å². The van der Waals surface area contributed by atoms with Crippen molar-refractivity contribution < 1.29 is 0 Å². The van der Waals surface area contributed by atoms with Crippen molar-refractivity contribution in [3.05, 3.63) is 158 Å². The highest BCUT2D eigenvalue weighted by atomic mass is 32.1. The van der Waals surface area contributed by atoms with Crippen molar-refractivity contribution in [1.29, 1.82) is 0 Å². The molecule has 1 heteroatoms. The van der Waals surface area contributed by atoms with Gasteiger partial charge in [0, 0.05) is 20.2 Å². The standard InChI is InChI=1S/C42H26S/c1-2-13-27(14-3-1)28-15-4-5-16-29(28)35-25-26-39-42(36-21-10-11-24-38(36)43-39)41(35)37-23-12-22-34-32-18-7-6-17-30(32)31-19-8-9-20-33(31)40(34)37/h1-26H. The topological polar surface area (TPSA) is 0 Å². The molecule has 0 nitrogen and oxygen atoms in total. The maximum absolute atomic E-state index is 2.36. The molecule has 1 heterocycles. The van der Waals surface area contributed by atoms with Crippen molar-refractivity contribution >= 4 is 63.8 Å². The Morgan fingerprint density at radius 2 is 0.814 bits per heavy atom. The third-order valence-electron chi connectivity index (χ3n) is 8.88. The monoisotopic (exact) mass is 562 g/mol. The van der Waals surface area contributed by atoms with E-state index in [0.29, 0.717) is 0 Å². The van der Waals surface area contributed by atoms with Crippen molar-refractivity contribution in [2.45, 2.75) is 0 Å². The zero-order chi connectivity index (χ0) is 28.3. The fourth-order valence-corrected chi connectivity index (χ4v) is 8.19. The summed E-state index contributed by atoms with van der Waals surface area (Å²) in [7, 11) is 0. The van der Waals surface area contributed by atoms with Gasteiger partial charge in [0.1, 0.15) is 0 Å². The number of thiophene rings is 1. The predicted molar refractivity (Wildman–Crippen MR) is 188 cm³/mol. The summed E-state index contributed by atoms with van der Waals surface area (Å²) in [5.41, 5.74) is 7.59. The van der Waals surface area contributed by atoms with Gasteiger partial charge in [-0.15, -0.1) is 11.3 Å². The lowest BCUT2D eigenvalue weighted by atomic mass is 9.83. The molecule has 9 rings (SSSR count). The molecule has 0 aliphatic heterocycles. The second-order valence-corrected chi connectivity index (χ2v) is 12.3. The van der Waals surface area contributed by atoms with E-state index in [1.54, 1.807) is 0 Å². The third kappa shape index (κ3) is 3.69. The number of rotatable bonds is 3. The summed E-state index contributed by atoms with van der Waals surface area (Å²) in [6.07, 6.45) is 0. The minimum atomic E-state index is 1.23. The molecule has 9 aromatic rings. The molecule has 0 aliphatic carbocycles. The first-order chi connectivity index (χ1) is 21.4. The fraction of sp³-hybridized carbons (Fsp3) is 0. The van der Waals surface area contributed by atoms with Crippen molar-refractivity contribution in [1.82, 2.24) is 0 Å². The Kier molecular flexibility index (Phi) is 5.47. The van der Waals surface area contributed by atoms with E-state index in [1.807, 2.05) is 11.3 Å². The molecule has 0 saturated carbocycles. The molecule has 43 heavy (non-hydrogen) atoms. The van der Waals surface area contributed by atoms with E-state index in [2.05, 4.69) is 158 Å². The molecule has 0 spiro atoms. The SMILES string of the molecule is c1ccc(-c2ccccc2-c2ccc3sc4ccccc4c3c2-c2cccc3c4ccccc4c4ccccc4c23)cc1. The van der Waals surface area contributed by atoms with Crippen LogP contribution in [-0.4, -0.2) is 0 Å². The third-order valence-corrected chi connectivity index (χ3v) is 10.0. The van der Waals surface area contributed by atoms with Gasteiger partial charge >= 0.3 is 0 Å². The zero-order valence-corrected chi connectivity index (χ0v) is 24.2. The first kappa shape index (κ1) is 24.4. The van der Waals surface area contributed by atoms with Crippen molar-refractivity contribution in [2.24, 2.45) is 0 Å². The van der Waals surface area contributed by atoms with Crippen LogP contribution in [0.15, 0.2) is 158 Å². The van der Waals surface area contributed by atoms with Gasteiger partial charge in [0.15, 0.2) is 0 Å². The highest BCUT2D eigenvalue weighted by Gasteiger charge is 2.21. The van der Waals surface area contributed by atoms with Gasteiger partial charge in [0.2, 0.25) is 0 Å². The van der Waals surface area contributed by atoms with Gasteiger partial charge in [0.05, 0.1) is 0 Å². The molecular formula is C42H26S. The Morgan fingerprint density at radius 3 is 1.56 bits per heavy atom. The van der Waals surface area contributed by atoms with Crippen molar-refractivity contribution in [3.63, 3.8) is 0 Å². The molecule has 0 atom stereocenters. The fourth-order valence-electron chi connectivity index (χ4n) is 7.07. The highest BCUT2D eigenvalue weighted by Crippen LogP contribution is 2.50. The van der Waals surface area contributed by atoms with Crippen LogP contribution < -0.4 is 0 Å². The van der Waals surface area contributed by atoms with Gasteiger partial charge in [-0.2, -0.15) is 0 Å². The molecule has 0 amide bonds. The maximum Gasteiger partial charge on any atom is 0.0362 e. The lowest BCUT2D eigenvalue weighted by molar-refractivity contribution is 1.59. The average molecular weight is 563 g/mol. The molecule has 1 aromatic heterocycles. The molecule has 0 saturated heterocycles. The molecule has 0 N–H and O–H groups in total. The summed E-state index contributed by atoms with van der Waals surface area (Å²) in [4.78, 5) is 0. The van der Waals surface area contributed by atoms with E-state index in [4.69, 9.17) is 0 Å². The lowest BCUT2D eigenvalue weighted by Crippen LogP contribution is -1.92. The quantitative estimate of drug-likeness (QED) is 0.188. The predicted octanol–water partition coefficient (Wildman–Crippen LogP) is 12.5. The summed E-state index contributed by atoms with van der Waals surface area (Å²) in [5, 5.41) is 10.5. The molecule has 200 valence electrons. The number of fused-ring (bicyclic) bond motifs is 9. The largest absolute Gasteiger partial charge is 0.135 e. The number of hydrogen-bond donors (Lipinski definition) is 0. The lowest BCUT2D eigenvalue weighted by Gasteiger charge is -2.19. The Labute approximate surface area is 254 Å². The second-order valence-electron chi connectivity index (χ2n) is 11.2. The van der Waals surface area contributed by atoms with Gasteiger partial charge in [-0.3, -0.25) is 0 Å². The van der Waals surface area contributed by atoms with Gasteiger partial charge in [-0.1, -0.05) is 146 Å². The molecule has 0 fully saturated rings.